The molecule has 4 aromatic rings. The number of hydrogen-bond acceptors (Lipinski definition) is 4. The van der Waals surface area contributed by atoms with Crippen LogP contribution in [-0.2, 0) is 11.4 Å². The highest BCUT2D eigenvalue weighted by atomic mass is 35.5. The molecule has 2 aromatic heterocycles. The first-order valence-corrected chi connectivity index (χ1v) is 9.39. The van der Waals surface area contributed by atoms with Crippen molar-refractivity contribution in [1.82, 2.24) is 9.38 Å². The first kappa shape index (κ1) is 16.8. The normalized spacial score (nSPS) is 11.5. The summed E-state index contributed by atoms with van der Waals surface area (Å²) in [6.07, 6.45) is 3.71. The van der Waals surface area contributed by atoms with Gasteiger partial charge in [0.2, 0.25) is 0 Å². The molecule has 0 bridgehead atoms. The van der Waals surface area contributed by atoms with Crippen LogP contribution in [0.25, 0.3) is 16.2 Å². The molecule has 0 aliphatic rings. The molecule has 0 saturated carbocycles. The van der Waals surface area contributed by atoms with Crippen LogP contribution in [0.5, 0.6) is 0 Å². The summed E-state index contributed by atoms with van der Waals surface area (Å²) in [5, 5.41) is 6.87. The number of hydrogen-bond donors (Lipinski definition) is 0. The molecule has 0 N–H and O–H groups in total. The summed E-state index contributed by atoms with van der Waals surface area (Å²) < 4.78 is 2.02. The van der Waals surface area contributed by atoms with E-state index < -0.39 is 0 Å². The highest BCUT2D eigenvalue weighted by Gasteiger charge is 2.13. The van der Waals surface area contributed by atoms with Crippen LogP contribution in [0, 0.1) is 6.92 Å². The number of halogens is 1. The summed E-state index contributed by atoms with van der Waals surface area (Å²) in [5.41, 5.74) is 5.10. The van der Waals surface area contributed by atoms with Gasteiger partial charge in [-0.1, -0.05) is 58.7 Å². The number of aryl methyl sites for hydroxylation is 1. The SMILES string of the molecule is Cc1ccc(-c2nc3sccn3c2/C=N\OCc2ccc(Cl)cc2)cc1. The van der Waals surface area contributed by atoms with Gasteiger partial charge in [-0.25, -0.2) is 4.98 Å². The minimum Gasteiger partial charge on any atom is -0.391 e. The van der Waals surface area contributed by atoms with E-state index in [1.165, 1.54) is 5.56 Å². The first-order chi connectivity index (χ1) is 12.7. The van der Waals surface area contributed by atoms with Gasteiger partial charge in [0, 0.05) is 22.2 Å². The van der Waals surface area contributed by atoms with Crippen LogP contribution in [0.15, 0.2) is 65.3 Å². The van der Waals surface area contributed by atoms with Gasteiger partial charge >= 0.3 is 0 Å². The van der Waals surface area contributed by atoms with E-state index in [2.05, 4.69) is 36.3 Å². The quantitative estimate of drug-likeness (QED) is 0.334. The molecule has 0 amide bonds. The van der Waals surface area contributed by atoms with Gasteiger partial charge in [0.1, 0.15) is 6.61 Å². The monoisotopic (exact) mass is 381 g/mol. The number of fused-ring (bicyclic) bond motifs is 1. The van der Waals surface area contributed by atoms with Crippen molar-refractivity contribution in [3.8, 4) is 11.3 Å². The van der Waals surface area contributed by atoms with E-state index in [1.807, 2.05) is 40.2 Å². The van der Waals surface area contributed by atoms with Crippen molar-refractivity contribution >= 4 is 34.1 Å². The largest absolute Gasteiger partial charge is 0.391 e. The van der Waals surface area contributed by atoms with Gasteiger partial charge in [-0.05, 0) is 24.6 Å². The van der Waals surface area contributed by atoms with Crippen molar-refractivity contribution in [3.05, 3.63) is 82.0 Å². The summed E-state index contributed by atoms with van der Waals surface area (Å²) in [4.78, 5) is 11.1. The molecule has 0 spiro atoms. The number of rotatable bonds is 5. The van der Waals surface area contributed by atoms with E-state index in [0.717, 1.165) is 27.5 Å². The van der Waals surface area contributed by atoms with Gasteiger partial charge in [0.15, 0.2) is 4.96 Å². The highest BCUT2D eigenvalue weighted by molar-refractivity contribution is 7.15. The molecule has 130 valence electrons. The smallest absolute Gasteiger partial charge is 0.194 e. The molecule has 0 saturated heterocycles. The van der Waals surface area contributed by atoms with Crippen molar-refractivity contribution in [2.24, 2.45) is 5.16 Å². The predicted molar refractivity (Wildman–Crippen MR) is 107 cm³/mol. The zero-order valence-electron chi connectivity index (χ0n) is 14.1. The van der Waals surface area contributed by atoms with E-state index in [-0.39, 0.29) is 0 Å². The fraction of sp³-hybridized carbons (Fsp3) is 0.100. The van der Waals surface area contributed by atoms with Gasteiger partial charge in [0.05, 0.1) is 17.6 Å². The van der Waals surface area contributed by atoms with E-state index in [9.17, 15) is 0 Å². The molecule has 0 fully saturated rings. The van der Waals surface area contributed by atoms with Crippen LogP contribution >= 0.6 is 22.9 Å². The van der Waals surface area contributed by atoms with Crippen LogP contribution in [-0.4, -0.2) is 15.6 Å². The minimum absolute atomic E-state index is 0.388. The fourth-order valence-electron chi connectivity index (χ4n) is 2.63. The van der Waals surface area contributed by atoms with Gasteiger partial charge < -0.3 is 4.84 Å². The molecule has 2 aromatic carbocycles. The standard InChI is InChI=1S/C20H16ClN3OS/c1-14-2-6-16(7-3-14)19-18(24-10-11-26-20(24)23-19)12-22-25-13-15-4-8-17(21)9-5-15/h2-12H,13H2,1H3/b22-12-. The summed E-state index contributed by atoms with van der Waals surface area (Å²) in [5.74, 6) is 0. The number of oxime groups is 1. The summed E-state index contributed by atoms with van der Waals surface area (Å²) in [7, 11) is 0. The Morgan fingerprint density at radius 2 is 1.92 bits per heavy atom. The lowest BCUT2D eigenvalue weighted by Gasteiger charge is -2.02. The molecular weight excluding hydrogens is 366 g/mol. The Morgan fingerprint density at radius 3 is 2.69 bits per heavy atom. The summed E-state index contributed by atoms with van der Waals surface area (Å²) in [6, 6.07) is 15.8. The van der Waals surface area contributed by atoms with E-state index >= 15 is 0 Å². The summed E-state index contributed by atoms with van der Waals surface area (Å²) >= 11 is 7.49. The molecule has 2 heterocycles. The van der Waals surface area contributed by atoms with Crippen LogP contribution in [0.1, 0.15) is 16.8 Å². The number of benzene rings is 2. The Hall–Kier alpha value is -2.63. The minimum atomic E-state index is 0.388. The van der Waals surface area contributed by atoms with Crippen molar-refractivity contribution in [1.29, 1.82) is 0 Å². The second kappa shape index (κ2) is 7.32. The molecule has 0 unspecified atom stereocenters. The Labute approximate surface area is 160 Å². The topological polar surface area (TPSA) is 38.9 Å². The maximum absolute atomic E-state index is 5.89. The van der Waals surface area contributed by atoms with Crippen molar-refractivity contribution in [3.63, 3.8) is 0 Å². The molecule has 0 atom stereocenters. The molecule has 4 rings (SSSR count). The van der Waals surface area contributed by atoms with Crippen LogP contribution < -0.4 is 0 Å². The maximum Gasteiger partial charge on any atom is 0.194 e. The van der Waals surface area contributed by atoms with E-state index in [0.29, 0.717) is 11.6 Å². The molecule has 0 radical (unpaired) electrons. The van der Waals surface area contributed by atoms with Crippen molar-refractivity contribution < 1.29 is 4.84 Å². The zero-order chi connectivity index (χ0) is 17.9. The van der Waals surface area contributed by atoms with E-state index in [1.54, 1.807) is 17.6 Å². The van der Waals surface area contributed by atoms with Gasteiger partial charge in [-0.15, -0.1) is 11.3 Å². The maximum atomic E-state index is 5.89. The molecule has 0 aliphatic carbocycles. The lowest BCUT2D eigenvalue weighted by molar-refractivity contribution is 0.132. The lowest BCUT2D eigenvalue weighted by Crippen LogP contribution is -1.93. The molecular formula is C20H16ClN3OS. The third kappa shape index (κ3) is 3.49. The third-order valence-corrected chi connectivity index (χ3v) is 5.03. The van der Waals surface area contributed by atoms with E-state index in [4.69, 9.17) is 21.4 Å². The second-order valence-electron chi connectivity index (χ2n) is 5.90. The Kier molecular flexibility index (Phi) is 4.73. The van der Waals surface area contributed by atoms with Gasteiger partial charge in [0.25, 0.3) is 0 Å². The molecule has 0 aliphatic heterocycles. The Bertz CT molecular complexity index is 1050. The van der Waals surface area contributed by atoms with Gasteiger partial charge in [-0.3, -0.25) is 4.40 Å². The predicted octanol–water partition coefficient (Wildman–Crippen LogP) is 5.58. The van der Waals surface area contributed by atoms with Crippen LogP contribution in [0.2, 0.25) is 5.02 Å². The zero-order valence-corrected chi connectivity index (χ0v) is 15.7. The average Bonchev–Trinajstić information content (AvgIpc) is 3.23. The third-order valence-electron chi connectivity index (χ3n) is 4.02. The molecule has 6 heteroatoms. The van der Waals surface area contributed by atoms with Crippen LogP contribution in [0.3, 0.4) is 0 Å². The van der Waals surface area contributed by atoms with Crippen LogP contribution in [0.4, 0.5) is 0 Å². The molecule has 4 nitrogen and oxygen atoms in total. The number of nitrogens with zero attached hydrogens (tertiary/aromatic N) is 3. The Morgan fingerprint density at radius 1 is 1.15 bits per heavy atom. The first-order valence-electron chi connectivity index (χ1n) is 8.13. The number of aromatic nitrogens is 2. The lowest BCUT2D eigenvalue weighted by atomic mass is 10.1. The van der Waals surface area contributed by atoms with Gasteiger partial charge in [-0.2, -0.15) is 0 Å². The highest BCUT2D eigenvalue weighted by Crippen LogP contribution is 2.26. The fourth-order valence-corrected chi connectivity index (χ4v) is 3.48. The number of imidazole rings is 1. The second-order valence-corrected chi connectivity index (χ2v) is 7.21. The Balaban J connectivity index is 1.58. The molecule has 26 heavy (non-hydrogen) atoms. The summed E-state index contributed by atoms with van der Waals surface area (Å²) in [6.45, 7) is 2.46. The van der Waals surface area contributed by atoms with Crippen molar-refractivity contribution in [2.45, 2.75) is 13.5 Å². The van der Waals surface area contributed by atoms with Crippen molar-refractivity contribution in [2.75, 3.05) is 0 Å². The number of thiazole rings is 1. The average molecular weight is 382 g/mol.